The third kappa shape index (κ3) is 1.81. The van der Waals surface area contributed by atoms with Gasteiger partial charge in [0.2, 0.25) is 5.91 Å². The van der Waals surface area contributed by atoms with Crippen molar-refractivity contribution >= 4 is 23.4 Å². The van der Waals surface area contributed by atoms with Crippen LogP contribution < -0.4 is 4.90 Å². The Morgan fingerprint density at radius 1 is 1.00 bits per heavy atom. The third-order valence-electron chi connectivity index (χ3n) is 3.13. The number of para-hydroxylation sites is 1. The van der Waals surface area contributed by atoms with Crippen molar-refractivity contribution < 1.29 is 4.79 Å². The van der Waals surface area contributed by atoms with E-state index in [-0.39, 0.29) is 11.2 Å². The summed E-state index contributed by atoms with van der Waals surface area (Å²) in [6, 6.07) is 18.1. The number of anilines is 1. The molecule has 1 aliphatic rings. The molecule has 2 nitrogen and oxygen atoms in total. The highest BCUT2D eigenvalue weighted by Gasteiger charge is 2.35. The fraction of sp³-hybridized carbons (Fsp3) is 0.133. The van der Waals surface area contributed by atoms with Crippen LogP contribution in [-0.4, -0.2) is 13.0 Å². The van der Waals surface area contributed by atoms with Crippen molar-refractivity contribution in [1.82, 2.24) is 0 Å². The van der Waals surface area contributed by atoms with Gasteiger partial charge in [-0.25, -0.2) is 0 Å². The minimum Gasteiger partial charge on any atom is -0.314 e. The molecule has 0 saturated heterocycles. The molecule has 0 saturated carbocycles. The number of likely N-dealkylation sites (N-methyl/N-ethyl adjacent to an activating group) is 1. The van der Waals surface area contributed by atoms with Crippen molar-refractivity contribution in [1.29, 1.82) is 0 Å². The molecule has 0 spiro atoms. The molecule has 1 atom stereocenters. The first-order valence-electron chi connectivity index (χ1n) is 5.85. The molecule has 0 bridgehead atoms. The molecule has 0 fully saturated rings. The number of hydrogen-bond acceptors (Lipinski definition) is 2. The minimum absolute atomic E-state index is 0.117. The summed E-state index contributed by atoms with van der Waals surface area (Å²) in [5.74, 6) is 0.157. The van der Waals surface area contributed by atoms with Gasteiger partial charge in [-0.1, -0.05) is 36.4 Å². The molecule has 0 radical (unpaired) electrons. The quantitative estimate of drug-likeness (QED) is 0.818. The lowest BCUT2D eigenvalue weighted by molar-refractivity contribution is -0.117. The predicted octanol–water partition coefficient (Wildman–Crippen LogP) is 3.50. The fourth-order valence-corrected chi connectivity index (χ4v) is 3.36. The van der Waals surface area contributed by atoms with Gasteiger partial charge in [0.15, 0.2) is 0 Å². The number of benzene rings is 2. The van der Waals surface area contributed by atoms with E-state index in [4.69, 9.17) is 0 Å². The van der Waals surface area contributed by atoms with E-state index >= 15 is 0 Å². The van der Waals surface area contributed by atoms with E-state index in [0.29, 0.717) is 0 Å². The molecule has 1 heterocycles. The van der Waals surface area contributed by atoms with Crippen LogP contribution >= 0.6 is 11.8 Å². The van der Waals surface area contributed by atoms with Crippen LogP contribution in [-0.2, 0) is 4.79 Å². The number of nitrogens with zero attached hydrogens (tertiary/aromatic N) is 1. The first-order valence-corrected chi connectivity index (χ1v) is 6.73. The van der Waals surface area contributed by atoms with Crippen molar-refractivity contribution in [2.75, 3.05) is 11.9 Å². The van der Waals surface area contributed by atoms with E-state index < -0.39 is 0 Å². The Balaban J connectivity index is 1.96. The zero-order valence-corrected chi connectivity index (χ0v) is 10.9. The minimum atomic E-state index is -0.117. The lowest BCUT2D eigenvalue weighted by Crippen LogP contribution is -2.22. The van der Waals surface area contributed by atoms with E-state index in [1.54, 1.807) is 16.7 Å². The summed E-state index contributed by atoms with van der Waals surface area (Å²) in [6.45, 7) is 0. The summed E-state index contributed by atoms with van der Waals surface area (Å²) >= 11 is 1.61. The van der Waals surface area contributed by atoms with Gasteiger partial charge >= 0.3 is 0 Å². The van der Waals surface area contributed by atoms with Crippen LogP contribution in [0.1, 0.15) is 10.8 Å². The van der Waals surface area contributed by atoms with Gasteiger partial charge in [-0.3, -0.25) is 4.79 Å². The maximum Gasteiger partial charge on any atom is 0.244 e. The SMILES string of the molecule is CN1C(=O)[C@@H](Sc2ccccc2)c2ccccc21. The summed E-state index contributed by atoms with van der Waals surface area (Å²) < 4.78 is 0. The number of amides is 1. The molecule has 0 N–H and O–H groups in total. The molecular formula is C15H13NOS. The van der Waals surface area contributed by atoms with E-state index in [1.165, 1.54) is 0 Å². The van der Waals surface area contributed by atoms with Gasteiger partial charge in [0.25, 0.3) is 0 Å². The first kappa shape index (κ1) is 11.4. The molecule has 18 heavy (non-hydrogen) atoms. The second kappa shape index (κ2) is 4.50. The Morgan fingerprint density at radius 3 is 2.44 bits per heavy atom. The van der Waals surface area contributed by atoms with Gasteiger partial charge in [0.1, 0.15) is 5.25 Å². The van der Waals surface area contributed by atoms with E-state index in [0.717, 1.165) is 16.1 Å². The highest BCUT2D eigenvalue weighted by atomic mass is 32.2. The topological polar surface area (TPSA) is 20.3 Å². The summed E-state index contributed by atoms with van der Waals surface area (Å²) in [7, 11) is 1.84. The monoisotopic (exact) mass is 255 g/mol. The van der Waals surface area contributed by atoms with Crippen molar-refractivity contribution in [2.24, 2.45) is 0 Å². The Labute approximate surface area is 111 Å². The number of thioether (sulfide) groups is 1. The van der Waals surface area contributed by atoms with E-state index in [9.17, 15) is 4.79 Å². The molecule has 1 aliphatic heterocycles. The van der Waals surface area contributed by atoms with Crippen molar-refractivity contribution in [3.63, 3.8) is 0 Å². The van der Waals surface area contributed by atoms with Gasteiger partial charge in [0.05, 0.1) is 0 Å². The number of fused-ring (bicyclic) bond motifs is 1. The maximum atomic E-state index is 12.3. The molecule has 0 aromatic heterocycles. The predicted molar refractivity (Wildman–Crippen MR) is 74.9 cm³/mol. The second-order valence-corrected chi connectivity index (χ2v) is 5.45. The second-order valence-electron chi connectivity index (χ2n) is 4.27. The average molecular weight is 255 g/mol. The molecule has 0 unspecified atom stereocenters. The summed E-state index contributed by atoms with van der Waals surface area (Å²) in [6.07, 6.45) is 0. The van der Waals surface area contributed by atoms with Crippen LogP contribution in [0.2, 0.25) is 0 Å². The lowest BCUT2D eigenvalue weighted by Gasteiger charge is -2.10. The van der Waals surface area contributed by atoms with Crippen LogP contribution in [0.25, 0.3) is 0 Å². The van der Waals surface area contributed by atoms with Crippen LogP contribution in [0, 0.1) is 0 Å². The molecule has 2 aromatic rings. The van der Waals surface area contributed by atoms with Crippen LogP contribution in [0.3, 0.4) is 0 Å². The standard InChI is InChI=1S/C15H13NOS/c1-16-13-10-6-5-9-12(13)14(15(16)17)18-11-7-3-2-4-8-11/h2-10,14H,1H3/t14-/m0/s1. The molecule has 3 rings (SSSR count). The van der Waals surface area contributed by atoms with Gasteiger partial charge in [0, 0.05) is 17.6 Å². The first-order chi connectivity index (χ1) is 8.77. The number of carbonyl (C=O) groups is 1. The van der Waals surface area contributed by atoms with Crippen molar-refractivity contribution in [2.45, 2.75) is 10.1 Å². The number of rotatable bonds is 2. The molecule has 2 aromatic carbocycles. The van der Waals surface area contributed by atoms with Crippen LogP contribution in [0.5, 0.6) is 0 Å². The van der Waals surface area contributed by atoms with E-state index in [2.05, 4.69) is 0 Å². The summed E-state index contributed by atoms with van der Waals surface area (Å²) in [5.41, 5.74) is 2.13. The molecule has 3 heteroatoms. The molecule has 1 amide bonds. The highest BCUT2D eigenvalue weighted by Crippen LogP contribution is 2.45. The zero-order chi connectivity index (χ0) is 12.5. The normalized spacial score (nSPS) is 17.9. The van der Waals surface area contributed by atoms with Crippen molar-refractivity contribution in [3.05, 3.63) is 60.2 Å². The van der Waals surface area contributed by atoms with Crippen LogP contribution in [0.15, 0.2) is 59.5 Å². The maximum absolute atomic E-state index is 12.3. The lowest BCUT2D eigenvalue weighted by atomic mass is 10.2. The zero-order valence-electron chi connectivity index (χ0n) is 10.0. The Morgan fingerprint density at radius 2 is 1.67 bits per heavy atom. The molecular weight excluding hydrogens is 242 g/mol. The number of carbonyl (C=O) groups excluding carboxylic acids is 1. The average Bonchev–Trinajstić information content (AvgIpc) is 2.66. The Bertz CT molecular complexity index is 582. The van der Waals surface area contributed by atoms with Crippen molar-refractivity contribution in [3.8, 4) is 0 Å². The number of hydrogen-bond donors (Lipinski definition) is 0. The Kier molecular flexibility index (Phi) is 2.84. The third-order valence-corrected chi connectivity index (χ3v) is 4.37. The molecule has 90 valence electrons. The van der Waals surface area contributed by atoms with Gasteiger partial charge in [-0.15, -0.1) is 11.8 Å². The van der Waals surface area contributed by atoms with Gasteiger partial charge < -0.3 is 4.90 Å². The molecule has 0 aliphatic carbocycles. The highest BCUT2D eigenvalue weighted by molar-refractivity contribution is 8.00. The fourth-order valence-electron chi connectivity index (χ4n) is 2.19. The smallest absolute Gasteiger partial charge is 0.244 e. The van der Waals surface area contributed by atoms with Gasteiger partial charge in [-0.2, -0.15) is 0 Å². The largest absolute Gasteiger partial charge is 0.314 e. The van der Waals surface area contributed by atoms with Gasteiger partial charge in [-0.05, 0) is 23.8 Å². The van der Waals surface area contributed by atoms with Crippen LogP contribution in [0.4, 0.5) is 5.69 Å². The Hall–Kier alpha value is -1.74. The summed E-state index contributed by atoms with van der Waals surface area (Å²) in [4.78, 5) is 15.1. The van der Waals surface area contributed by atoms with E-state index in [1.807, 2.05) is 61.6 Å². The summed E-state index contributed by atoms with van der Waals surface area (Å²) in [5, 5.41) is -0.117.